The molecule has 0 N–H and O–H groups in total. The van der Waals surface area contributed by atoms with E-state index in [1.165, 1.54) is 12.1 Å². The van der Waals surface area contributed by atoms with E-state index < -0.39 is 20.2 Å². The Morgan fingerprint density at radius 2 is 1.87 bits per heavy atom. The Morgan fingerprint density at radius 3 is 2.33 bits per heavy atom. The van der Waals surface area contributed by atoms with Crippen LogP contribution in [0, 0.1) is 0 Å². The smallest absolute Gasteiger partial charge is 0.214 e. The molecule has 0 atom stereocenters. The highest BCUT2D eigenvalue weighted by molar-refractivity contribution is 7.92. The van der Waals surface area contributed by atoms with Crippen molar-refractivity contribution in [2.24, 2.45) is 0 Å². The van der Waals surface area contributed by atoms with E-state index >= 15 is 0 Å². The Kier molecular flexibility index (Phi) is 3.34. The molecule has 1 rings (SSSR count). The number of benzene rings is 1. The highest BCUT2D eigenvalue weighted by Crippen LogP contribution is 2.30. The van der Waals surface area contributed by atoms with E-state index in [2.05, 4.69) is 12.6 Å². The summed E-state index contributed by atoms with van der Waals surface area (Å²) in [6.07, 6.45) is 0. The molecule has 0 bridgehead atoms. The Labute approximate surface area is 90.4 Å². The van der Waals surface area contributed by atoms with Gasteiger partial charge in [-0.25, -0.2) is 8.42 Å². The summed E-state index contributed by atoms with van der Waals surface area (Å²) in [7, 11) is -5.24. The third-order valence-corrected chi connectivity index (χ3v) is 3.55. The maximum Gasteiger partial charge on any atom is 0.501 e. The van der Waals surface area contributed by atoms with Crippen molar-refractivity contribution >= 4 is 22.5 Å². The summed E-state index contributed by atoms with van der Waals surface area (Å²) in [4.78, 5) is -0.749. The van der Waals surface area contributed by atoms with Gasteiger partial charge in [0.25, 0.3) is 9.84 Å². The number of sulfone groups is 1. The quantitative estimate of drug-likeness (QED) is 0.824. The van der Waals surface area contributed by atoms with Crippen LogP contribution in [0.4, 0.5) is 13.2 Å². The lowest BCUT2D eigenvalue weighted by Crippen LogP contribution is -2.23. The molecule has 1 aromatic rings. The fourth-order valence-electron chi connectivity index (χ4n) is 0.945. The average molecular weight is 256 g/mol. The zero-order valence-electron chi connectivity index (χ0n) is 7.32. The molecule has 0 saturated carbocycles. The maximum absolute atomic E-state index is 12.1. The molecule has 0 aliphatic carbocycles. The van der Waals surface area contributed by atoms with Crippen LogP contribution >= 0.6 is 12.6 Å². The Hall–Kier alpha value is -0.690. The Morgan fingerprint density at radius 1 is 1.27 bits per heavy atom. The number of hydrogen-bond donors (Lipinski definition) is 1. The predicted octanol–water partition coefficient (Wildman–Crippen LogP) is 2.41. The summed E-state index contributed by atoms with van der Waals surface area (Å²) in [5, 5.41) is 0. The zero-order valence-corrected chi connectivity index (χ0v) is 9.03. The third-order valence-electron chi connectivity index (χ3n) is 1.70. The summed E-state index contributed by atoms with van der Waals surface area (Å²) in [6, 6.07) is 4.64. The van der Waals surface area contributed by atoms with Crippen LogP contribution in [0.25, 0.3) is 0 Å². The molecule has 0 amide bonds. The largest absolute Gasteiger partial charge is 0.501 e. The summed E-state index contributed by atoms with van der Waals surface area (Å²) >= 11 is 3.85. The van der Waals surface area contributed by atoms with E-state index in [9.17, 15) is 21.6 Å². The molecule has 0 saturated heterocycles. The van der Waals surface area contributed by atoms with Gasteiger partial charge in [-0.3, -0.25) is 0 Å². The number of halogens is 3. The van der Waals surface area contributed by atoms with E-state index in [4.69, 9.17) is 0 Å². The first-order valence-corrected chi connectivity index (χ1v) is 5.92. The first kappa shape index (κ1) is 12.4. The molecule has 15 heavy (non-hydrogen) atoms. The molecule has 1 aromatic carbocycles. The van der Waals surface area contributed by atoms with Crippen molar-refractivity contribution in [1.29, 1.82) is 0 Å². The van der Waals surface area contributed by atoms with Crippen molar-refractivity contribution in [2.75, 3.05) is 0 Å². The van der Waals surface area contributed by atoms with Crippen LogP contribution in [0.3, 0.4) is 0 Å². The van der Waals surface area contributed by atoms with Crippen LogP contribution in [0.15, 0.2) is 29.2 Å². The van der Waals surface area contributed by atoms with Crippen LogP contribution in [-0.2, 0) is 15.6 Å². The van der Waals surface area contributed by atoms with Crippen LogP contribution in [0.5, 0.6) is 0 Å². The van der Waals surface area contributed by atoms with Crippen LogP contribution < -0.4 is 0 Å². The fourth-order valence-corrected chi connectivity index (χ4v) is 1.97. The lowest BCUT2D eigenvalue weighted by atomic mass is 10.2. The second-order valence-corrected chi connectivity index (χ2v) is 5.01. The van der Waals surface area contributed by atoms with E-state index in [0.29, 0.717) is 5.56 Å². The third kappa shape index (κ3) is 2.46. The molecule has 0 aromatic heterocycles. The van der Waals surface area contributed by atoms with Crippen molar-refractivity contribution in [3.8, 4) is 0 Å². The normalized spacial score (nSPS) is 12.8. The molecule has 0 fully saturated rings. The molecule has 0 aliphatic rings. The van der Waals surface area contributed by atoms with Crippen molar-refractivity contribution in [2.45, 2.75) is 16.2 Å². The molecular formula is C8H7F3O2S2. The Bertz CT molecular complexity index is 451. The molecule has 84 valence electrons. The Balaban J connectivity index is 3.29. The number of hydrogen-bond acceptors (Lipinski definition) is 3. The number of rotatable bonds is 2. The lowest BCUT2D eigenvalue weighted by Gasteiger charge is -2.08. The van der Waals surface area contributed by atoms with Gasteiger partial charge in [0.05, 0.1) is 4.90 Å². The molecule has 0 radical (unpaired) electrons. The average Bonchev–Trinajstić information content (AvgIpc) is 2.16. The van der Waals surface area contributed by atoms with E-state index in [-0.39, 0.29) is 5.75 Å². The van der Waals surface area contributed by atoms with Gasteiger partial charge in [0, 0.05) is 5.75 Å². The topological polar surface area (TPSA) is 34.1 Å². The van der Waals surface area contributed by atoms with Gasteiger partial charge < -0.3 is 0 Å². The fraction of sp³-hybridized carbons (Fsp3) is 0.250. The first-order valence-electron chi connectivity index (χ1n) is 3.80. The monoisotopic (exact) mass is 256 g/mol. The minimum Gasteiger partial charge on any atom is -0.214 e. The summed E-state index contributed by atoms with van der Waals surface area (Å²) in [5.74, 6) is 0.182. The zero-order chi connectivity index (χ0) is 11.7. The molecular weight excluding hydrogens is 249 g/mol. The van der Waals surface area contributed by atoms with Crippen molar-refractivity contribution < 1.29 is 21.6 Å². The van der Waals surface area contributed by atoms with E-state index in [0.717, 1.165) is 12.1 Å². The standard InChI is InChI=1S/C8H7F3O2S2/c9-8(10,11)15(12,13)7-3-1-2-6(4-7)5-14/h1-4,14H,5H2. The van der Waals surface area contributed by atoms with Gasteiger partial charge in [-0.1, -0.05) is 12.1 Å². The maximum atomic E-state index is 12.1. The van der Waals surface area contributed by atoms with Gasteiger partial charge in [-0.2, -0.15) is 25.8 Å². The molecule has 0 unspecified atom stereocenters. The second kappa shape index (κ2) is 4.05. The first-order chi connectivity index (χ1) is 6.79. The SMILES string of the molecule is O=S(=O)(c1cccc(CS)c1)C(F)(F)F. The van der Waals surface area contributed by atoms with Crippen molar-refractivity contribution in [3.63, 3.8) is 0 Å². The van der Waals surface area contributed by atoms with Gasteiger partial charge in [0.2, 0.25) is 0 Å². The van der Waals surface area contributed by atoms with Crippen LogP contribution in [-0.4, -0.2) is 13.9 Å². The van der Waals surface area contributed by atoms with Gasteiger partial charge in [-0.05, 0) is 17.7 Å². The summed E-state index contributed by atoms with van der Waals surface area (Å²) < 4.78 is 58.4. The molecule has 7 heteroatoms. The van der Waals surface area contributed by atoms with Gasteiger partial charge in [-0.15, -0.1) is 0 Å². The highest BCUT2D eigenvalue weighted by atomic mass is 32.2. The lowest BCUT2D eigenvalue weighted by molar-refractivity contribution is -0.0436. The second-order valence-electron chi connectivity index (χ2n) is 2.75. The molecule has 0 heterocycles. The number of thiol groups is 1. The minimum absolute atomic E-state index is 0.182. The van der Waals surface area contributed by atoms with Crippen molar-refractivity contribution in [3.05, 3.63) is 29.8 Å². The van der Waals surface area contributed by atoms with Gasteiger partial charge in [0.1, 0.15) is 0 Å². The van der Waals surface area contributed by atoms with E-state index in [1.54, 1.807) is 0 Å². The number of alkyl halides is 3. The summed E-state index contributed by atoms with van der Waals surface area (Å²) in [6.45, 7) is 0. The van der Waals surface area contributed by atoms with Gasteiger partial charge >= 0.3 is 5.51 Å². The van der Waals surface area contributed by atoms with Crippen LogP contribution in [0.2, 0.25) is 0 Å². The predicted molar refractivity (Wildman–Crippen MR) is 52.4 cm³/mol. The molecule has 0 aliphatic heterocycles. The van der Waals surface area contributed by atoms with E-state index in [1.807, 2.05) is 0 Å². The van der Waals surface area contributed by atoms with Crippen molar-refractivity contribution in [1.82, 2.24) is 0 Å². The molecule has 0 spiro atoms. The molecule has 2 nitrogen and oxygen atoms in total. The van der Waals surface area contributed by atoms with Gasteiger partial charge in [0.15, 0.2) is 0 Å². The summed E-state index contributed by atoms with van der Waals surface area (Å²) in [5.41, 5.74) is -4.84. The highest BCUT2D eigenvalue weighted by Gasteiger charge is 2.46. The van der Waals surface area contributed by atoms with Crippen LogP contribution in [0.1, 0.15) is 5.56 Å². The minimum atomic E-state index is -5.26.